The van der Waals surface area contributed by atoms with Crippen molar-refractivity contribution >= 4 is 23.8 Å². The first kappa shape index (κ1) is 21.8. The summed E-state index contributed by atoms with van der Waals surface area (Å²) in [5.74, 6) is -0.628. The van der Waals surface area contributed by atoms with Gasteiger partial charge in [-0.25, -0.2) is 4.79 Å². The van der Waals surface area contributed by atoms with E-state index in [1.54, 1.807) is 21.9 Å². The molecule has 30 heavy (non-hydrogen) atoms. The number of amides is 4. The lowest BCUT2D eigenvalue weighted by molar-refractivity contribution is -0.133. The topological polar surface area (TPSA) is 87.2 Å². The van der Waals surface area contributed by atoms with E-state index in [1.165, 1.54) is 4.90 Å². The predicted octanol–water partition coefficient (Wildman–Crippen LogP) is 2.45. The molecule has 2 heterocycles. The zero-order valence-electron chi connectivity index (χ0n) is 18.1. The van der Waals surface area contributed by atoms with E-state index in [0.717, 1.165) is 5.56 Å². The molecule has 2 aliphatic rings. The minimum atomic E-state index is -0.549. The molecular formula is C22H29N3O5. The Kier molecular flexibility index (Phi) is 6.14. The van der Waals surface area contributed by atoms with Gasteiger partial charge in [-0.2, -0.15) is 0 Å². The highest BCUT2D eigenvalue weighted by molar-refractivity contribution is 6.21. The molecule has 0 radical (unpaired) electrons. The van der Waals surface area contributed by atoms with Crippen LogP contribution in [0.2, 0.25) is 0 Å². The number of rotatable bonds is 4. The first-order chi connectivity index (χ1) is 14.1. The van der Waals surface area contributed by atoms with Gasteiger partial charge < -0.3 is 14.5 Å². The van der Waals surface area contributed by atoms with Crippen molar-refractivity contribution in [1.29, 1.82) is 0 Å². The van der Waals surface area contributed by atoms with Crippen LogP contribution in [0, 0.1) is 6.92 Å². The number of piperazine rings is 1. The van der Waals surface area contributed by atoms with Gasteiger partial charge in [-0.3, -0.25) is 19.3 Å². The number of carbonyl (C=O) groups excluding carboxylic acids is 4. The van der Waals surface area contributed by atoms with Gasteiger partial charge in [0.15, 0.2) is 0 Å². The van der Waals surface area contributed by atoms with Crippen molar-refractivity contribution in [2.75, 3.05) is 32.7 Å². The Hall–Kier alpha value is -2.90. The van der Waals surface area contributed by atoms with E-state index in [2.05, 4.69) is 0 Å². The molecule has 3 rings (SSSR count). The van der Waals surface area contributed by atoms with E-state index in [4.69, 9.17) is 4.74 Å². The van der Waals surface area contributed by atoms with Crippen molar-refractivity contribution < 1.29 is 23.9 Å². The first-order valence-corrected chi connectivity index (χ1v) is 10.3. The molecular weight excluding hydrogens is 386 g/mol. The molecule has 0 aromatic heterocycles. The standard InChI is InChI=1S/C22H29N3O5/c1-15-7-8-16-17(14-15)20(28)25(19(16)27)9-5-6-18(26)23-10-12-24(13-11-23)21(29)30-22(2,3)4/h7-8,14H,5-6,9-13H2,1-4H3. The number of hydrogen-bond donors (Lipinski definition) is 0. The van der Waals surface area contributed by atoms with Gasteiger partial charge in [0.05, 0.1) is 11.1 Å². The number of aryl methyl sites for hydroxylation is 1. The van der Waals surface area contributed by atoms with Gasteiger partial charge in [0.2, 0.25) is 5.91 Å². The Bertz CT molecular complexity index is 866. The summed E-state index contributed by atoms with van der Waals surface area (Å²) in [7, 11) is 0. The molecule has 0 aliphatic carbocycles. The molecule has 1 aromatic carbocycles. The average Bonchev–Trinajstić information content (AvgIpc) is 2.91. The molecule has 8 heteroatoms. The molecule has 0 unspecified atom stereocenters. The zero-order chi connectivity index (χ0) is 22.1. The summed E-state index contributed by atoms with van der Waals surface area (Å²) in [5.41, 5.74) is 1.24. The minimum absolute atomic E-state index is 0.0358. The van der Waals surface area contributed by atoms with E-state index in [9.17, 15) is 19.2 Å². The molecule has 2 aliphatic heterocycles. The van der Waals surface area contributed by atoms with Crippen LogP contribution in [0.3, 0.4) is 0 Å². The molecule has 1 saturated heterocycles. The molecule has 1 aromatic rings. The lowest BCUT2D eigenvalue weighted by Crippen LogP contribution is -2.51. The number of ether oxygens (including phenoxy) is 1. The predicted molar refractivity (Wildman–Crippen MR) is 110 cm³/mol. The SMILES string of the molecule is Cc1ccc2c(c1)C(=O)N(CCCC(=O)N1CCN(C(=O)OC(C)(C)C)CC1)C2=O. The van der Waals surface area contributed by atoms with Crippen molar-refractivity contribution in [2.45, 2.75) is 46.1 Å². The summed E-state index contributed by atoms with van der Waals surface area (Å²) in [6.45, 7) is 9.31. The van der Waals surface area contributed by atoms with E-state index in [1.807, 2.05) is 33.8 Å². The molecule has 0 atom stereocenters. The number of imide groups is 1. The van der Waals surface area contributed by atoms with Gasteiger partial charge >= 0.3 is 6.09 Å². The summed E-state index contributed by atoms with van der Waals surface area (Å²) in [6, 6.07) is 5.22. The third-order valence-electron chi connectivity index (χ3n) is 5.18. The highest BCUT2D eigenvalue weighted by Gasteiger charge is 2.35. The van der Waals surface area contributed by atoms with Crippen LogP contribution in [0.25, 0.3) is 0 Å². The zero-order valence-corrected chi connectivity index (χ0v) is 18.1. The quantitative estimate of drug-likeness (QED) is 0.705. The molecule has 8 nitrogen and oxygen atoms in total. The summed E-state index contributed by atoms with van der Waals surface area (Å²) in [6.07, 6.45) is 0.296. The fourth-order valence-corrected chi connectivity index (χ4v) is 3.62. The monoisotopic (exact) mass is 415 g/mol. The van der Waals surface area contributed by atoms with Crippen LogP contribution in [-0.4, -0.2) is 76.8 Å². The molecule has 0 spiro atoms. The lowest BCUT2D eigenvalue weighted by Gasteiger charge is -2.35. The average molecular weight is 415 g/mol. The summed E-state index contributed by atoms with van der Waals surface area (Å²) < 4.78 is 5.36. The number of hydrogen-bond acceptors (Lipinski definition) is 5. The van der Waals surface area contributed by atoms with E-state index in [0.29, 0.717) is 43.7 Å². The summed E-state index contributed by atoms with van der Waals surface area (Å²) in [4.78, 5) is 54.1. The maximum Gasteiger partial charge on any atom is 0.410 e. The Morgan fingerprint density at radius 2 is 1.57 bits per heavy atom. The van der Waals surface area contributed by atoms with Crippen molar-refractivity contribution in [3.8, 4) is 0 Å². The first-order valence-electron chi connectivity index (χ1n) is 10.3. The second kappa shape index (κ2) is 8.45. The summed E-state index contributed by atoms with van der Waals surface area (Å²) in [5, 5.41) is 0. The maximum atomic E-state index is 12.5. The van der Waals surface area contributed by atoms with Crippen molar-refractivity contribution in [1.82, 2.24) is 14.7 Å². The molecule has 0 bridgehead atoms. The molecule has 162 valence electrons. The maximum absolute atomic E-state index is 12.5. The molecule has 0 N–H and O–H groups in total. The van der Waals surface area contributed by atoms with Crippen molar-refractivity contribution in [3.05, 3.63) is 34.9 Å². The number of fused-ring (bicyclic) bond motifs is 1. The number of carbonyl (C=O) groups is 4. The van der Waals surface area contributed by atoms with Crippen LogP contribution in [0.15, 0.2) is 18.2 Å². The van der Waals surface area contributed by atoms with Gasteiger partial charge in [0.25, 0.3) is 11.8 Å². The highest BCUT2D eigenvalue weighted by atomic mass is 16.6. The van der Waals surface area contributed by atoms with E-state index >= 15 is 0 Å². The van der Waals surface area contributed by atoms with Crippen LogP contribution in [-0.2, 0) is 9.53 Å². The van der Waals surface area contributed by atoms with E-state index < -0.39 is 5.60 Å². The molecule has 4 amide bonds. The summed E-state index contributed by atoms with van der Waals surface area (Å²) >= 11 is 0. The van der Waals surface area contributed by atoms with Crippen LogP contribution < -0.4 is 0 Å². The van der Waals surface area contributed by atoms with Gasteiger partial charge in [-0.1, -0.05) is 11.6 Å². The second-order valence-electron chi connectivity index (χ2n) is 8.76. The van der Waals surface area contributed by atoms with Crippen LogP contribution in [0.1, 0.15) is 59.9 Å². The normalized spacial score (nSPS) is 16.7. The van der Waals surface area contributed by atoms with E-state index in [-0.39, 0.29) is 36.8 Å². The smallest absolute Gasteiger partial charge is 0.410 e. The van der Waals surface area contributed by atoms with Crippen LogP contribution in [0.5, 0.6) is 0 Å². The van der Waals surface area contributed by atoms with Crippen LogP contribution in [0.4, 0.5) is 4.79 Å². The highest BCUT2D eigenvalue weighted by Crippen LogP contribution is 2.24. The fraction of sp³-hybridized carbons (Fsp3) is 0.545. The van der Waals surface area contributed by atoms with Crippen LogP contribution >= 0.6 is 0 Å². The largest absolute Gasteiger partial charge is 0.444 e. The van der Waals surface area contributed by atoms with Gasteiger partial charge in [-0.05, 0) is 46.2 Å². The molecule has 1 fully saturated rings. The van der Waals surface area contributed by atoms with Gasteiger partial charge in [0.1, 0.15) is 5.60 Å². The van der Waals surface area contributed by atoms with Crippen molar-refractivity contribution in [2.24, 2.45) is 0 Å². The fourth-order valence-electron chi connectivity index (χ4n) is 3.62. The van der Waals surface area contributed by atoms with Gasteiger partial charge in [-0.15, -0.1) is 0 Å². The third-order valence-corrected chi connectivity index (χ3v) is 5.18. The second-order valence-corrected chi connectivity index (χ2v) is 8.76. The lowest BCUT2D eigenvalue weighted by atomic mass is 10.1. The Labute approximate surface area is 176 Å². The Morgan fingerprint density at radius 3 is 2.20 bits per heavy atom. The third kappa shape index (κ3) is 4.80. The Morgan fingerprint density at radius 1 is 0.967 bits per heavy atom. The Balaban J connectivity index is 1.45. The van der Waals surface area contributed by atoms with Gasteiger partial charge in [0, 0.05) is 39.1 Å². The molecule has 0 saturated carbocycles. The number of benzene rings is 1. The number of nitrogens with zero attached hydrogens (tertiary/aromatic N) is 3. The minimum Gasteiger partial charge on any atom is -0.444 e. The van der Waals surface area contributed by atoms with Crippen molar-refractivity contribution in [3.63, 3.8) is 0 Å².